The summed E-state index contributed by atoms with van der Waals surface area (Å²) >= 11 is 0. The van der Waals surface area contributed by atoms with Gasteiger partial charge in [-0.05, 0) is 57.7 Å². The molecule has 3 rings (SSSR count). The van der Waals surface area contributed by atoms with Crippen molar-refractivity contribution in [3.05, 3.63) is 29.8 Å². The van der Waals surface area contributed by atoms with Gasteiger partial charge in [0.05, 0.1) is 0 Å². The lowest BCUT2D eigenvalue weighted by Crippen LogP contribution is -2.43. The van der Waals surface area contributed by atoms with Gasteiger partial charge in [0, 0.05) is 37.3 Å². The molecule has 2 atom stereocenters. The van der Waals surface area contributed by atoms with Gasteiger partial charge in [-0.1, -0.05) is 12.1 Å². The lowest BCUT2D eigenvalue weighted by atomic mass is 10.1. The molecule has 0 aliphatic carbocycles. The van der Waals surface area contributed by atoms with Gasteiger partial charge in [-0.25, -0.2) is 0 Å². The van der Waals surface area contributed by atoms with Crippen molar-refractivity contribution in [1.29, 1.82) is 0 Å². The van der Waals surface area contributed by atoms with Gasteiger partial charge < -0.3 is 15.4 Å². The zero-order valence-electron chi connectivity index (χ0n) is 15.7. The van der Waals surface area contributed by atoms with Crippen LogP contribution >= 0.6 is 0 Å². The van der Waals surface area contributed by atoms with Crippen LogP contribution in [0.2, 0.25) is 0 Å². The molecule has 2 bridgehead atoms. The second-order valence-electron chi connectivity index (χ2n) is 8.39. The summed E-state index contributed by atoms with van der Waals surface area (Å²) in [4.78, 5) is 14.4. The zero-order valence-corrected chi connectivity index (χ0v) is 15.7. The van der Waals surface area contributed by atoms with Gasteiger partial charge in [0.1, 0.15) is 5.75 Å². The number of nitrogens with zero attached hydrogens (tertiary/aromatic N) is 1. The molecule has 0 radical (unpaired) electrons. The summed E-state index contributed by atoms with van der Waals surface area (Å²) < 4.78 is 5.58. The zero-order chi connectivity index (χ0) is 17.9. The Kier molecular flexibility index (Phi) is 5.64. The number of nitrogens with one attached hydrogen (secondary N) is 2. The fourth-order valence-corrected chi connectivity index (χ4v) is 3.71. The number of carbonyl (C=O) groups excluding carboxylic acids is 1. The maximum Gasteiger partial charge on any atom is 0.258 e. The average molecular weight is 345 g/mol. The minimum absolute atomic E-state index is 0.0531. The van der Waals surface area contributed by atoms with Crippen molar-refractivity contribution < 1.29 is 9.53 Å². The van der Waals surface area contributed by atoms with Crippen molar-refractivity contribution in [2.75, 3.05) is 19.7 Å². The predicted octanol–water partition coefficient (Wildman–Crippen LogP) is 2.31. The van der Waals surface area contributed by atoms with Gasteiger partial charge in [-0.15, -0.1) is 0 Å². The molecule has 5 nitrogen and oxygen atoms in total. The van der Waals surface area contributed by atoms with E-state index in [1.165, 1.54) is 31.4 Å². The molecule has 0 unspecified atom stereocenters. The van der Waals surface area contributed by atoms with Gasteiger partial charge in [0.2, 0.25) is 0 Å². The topological polar surface area (TPSA) is 53.6 Å². The summed E-state index contributed by atoms with van der Waals surface area (Å²) in [7, 11) is 0. The van der Waals surface area contributed by atoms with E-state index in [9.17, 15) is 4.79 Å². The van der Waals surface area contributed by atoms with Crippen LogP contribution in [0, 0.1) is 0 Å². The molecule has 138 valence electrons. The van der Waals surface area contributed by atoms with E-state index in [1.54, 1.807) is 0 Å². The molecule has 2 saturated heterocycles. The Morgan fingerprint density at radius 2 is 1.92 bits per heavy atom. The van der Waals surface area contributed by atoms with E-state index < -0.39 is 0 Å². The average Bonchev–Trinajstić information content (AvgIpc) is 2.87. The first-order valence-corrected chi connectivity index (χ1v) is 9.38. The number of fused-ring (bicyclic) bond motifs is 2. The molecular formula is C20H31N3O2. The van der Waals surface area contributed by atoms with Crippen LogP contribution in [0.15, 0.2) is 24.3 Å². The molecule has 2 heterocycles. The molecule has 0 spiro atoms. The van der Waals surface area contributed by atoms with E-state index in [1.807, 2.05) is 32.9 Å². The highest BCUT2D eigenvalue weighted by atomic mass is 16.5. The van der Waals surface area contributed by atoms with Crippen molar-refractivity contribution in [3.8, 4) is 5.75 Å². The Morgan fingerprint density at radius 1 is 1.20 bits per heavy atom. The number of ether oxygens (including phenoxy) is 1. The van der Waals surface area contributed by atoms with Gasteiger partial charge in [-0.3, -0.25) is 9.69 Å². The molecule has 5 heteroatoms. The van der Waals surface area contributed by atoms with Crippen molar-refractivity contribution in [2.45, 2.75) is 64.2 Å². The molecule has 2 fully saturated rings. The molecule has 1 aromatic carbocycles. The molecule has 2 aliphatic heterocycles. The van der Waals surface area contributed by atoms with E-state index >= 15 is 0 Å². The summed E-state index contributed by atoms with van der Waals surface area (Å²) in [6.07, 6.45) is 3.90. The highest BCUT2D eigenvalue weighted by Crippen LogP contribution is 2.22. The standard InChI is InChI=1S/C20H31N3O2/c1-20(2,3)22-19(24)14-25-18-8-4-15(5-9-18)12-23-11-10-16-6-7-17(13-23)21-16/h4-5,8-9,16-17,21H,6-7,10-14H2,1-3H3,(H,22,24)/t16-,17+/m1/s1. The molecule has 2 aliphatic rings. The number of benzene rings is 1. The van der Waals surface area contributed by atoms with Crippen molar-refractivity contribution in [2.24, 2.45) is 0 Å². The summed E-state index contributed by atoms with van der Waals surface area (Å²) in [6.45, 7) is 9.23. The van der Waals surface area contributed by atoms with Crippen LogP contribution in [0.4, 0.5) is 0 Å². The van der Waals surface area contributed by atoms with E-state index in [4.69, 9.17) is 4.74 Å². The van der Waals surface area contributed by atoms with Gasteiger partial charge in [-0.2, -0.15) is 0 Å². The molecule has 0 saturated carbocycles. The fourth-order valence-electron chi connectivity index (χ4n) is 3.71. The molecule has 1 amide bonds. The summed E-state index contributed by atoms with van der Waals surface area (Å²) in [5, 5.41) is 6.62. The van der Waals surface area contributed by atoms with E-state index in [0.717, 1.165) is 24.9 Å². The molecule has 25 heavy (non-hydrogen) atoms. The van der Waals surface area contributed by atoms with Gasteiger partial charge in [0.25, 0.3) is 5.91 Å². The predicted molar refractivity (Wildman–Crippen MR) is 99.7 cm³/mol. The Balaban J connectivity index is 1.46. The third-order valence-corrected chi connectivity index (χ3v) is 4.82. The molecular weight excluding hydrogens is 314 g/mol. The third-order valence-electron chi connectivity index (χ3n) is 4.82. The van der Waals surface area contributed by atoms with Crippen LogP contribution in [-0.4, -0.2) is 48.1 Å². The molecule has 0 aromatic heterocycles. The Morgan fingerprint density at radius 3 is 2.64 bits per heavy atom. The van der Waals surface area contributed by atoms with Crippen LogP contribution in [-0.2, 0) is 11.3 Å². The van der Waals surface area contributed by atoms with Gasteiger partial charge in [0.15, 0.2) is 6.61 Å². The van der Waals surface area contributed by atoms with E-state index in [0.29, 0.717) is 6.04 Å². The number of hydrogen-bond donors (Lipinski definition) is 2. The van der Waals surface area contributed by atoms with Crippen LogP contribution in [0.5, 0.6) is 5.75 Å². The quantitative estimate of drug-likeness (QED) is 0.860. The lowest BCUT2D eigenvalue weighted by molar-refractivity contribution is -0.124. The first-order chi connectivity index (χ1) is 11.9. The second kappa shape index (κ2) is 7.75. The number of likely N-dealkylation sites (tertiary alicyclic amines) is 1. The summed E-state index contributed by atoms with van der Waals surface area (Å²) in [6, 6.07) is 9.52. The van der Waals surface area contributed by atoms with Crippen molar-refractivity contribution in [1.82, 2.24) is 15.5 Å². The maximum atomic E-state index is 11.8. The Hall–Kier alpha value is -1.59. The van der Waals surface area contributed by atoms with Crippen molar-refractivity contribution >= 4 is 5.91 Å². The van der Waals surface area contributed by atoms with Crippen LogP contribution in [0.25, 0.3) is 0 Å². The minimum atomic E-state index is -0.230. The van der Waals surface area contributed by atoms with Crippen molar-refractivity contribution in [3.63, 3.8) is 0 Å². The van der Waals surface area contributed by atoms with Crippen LogP contribution in [0.3, 0.4) is 0 Å². The third kappa shape index (κ3) is 5.72. The highest BCUT2D eigenvalue weighted by Gasteiger charge is 2.29. The number of hydrogen-bond acceptors (Lipinski definition) is 4. The minimum Gasteiger partial charge on any atom is -0.484 e. The summed E-state index contributed by atoms with van der Waals surface area (Å²) in [5.74, 6) is 0.646. The Bertz CT molecular complexity index is 580. The van der Waals surface area contributed by atoms with E-state index in [-0.39, 0.29) is 18.1 Å². The smallest absolute Gasteiger partial charge is 0.258 e. The first kappa shape index (κ1) is 18.2. The number of rotatable bonds is 5. The first-order valence-electron chi connectivity index (χ1n) is 9.38. The second-order valence-corrected chi connectivity index (χ2v) is 8.39. The SMILES string of the molecule is CC(C)(C)NC(=O)COc1ccc(CN2CC[C@H]3CC[C@@H](C2)N3)cc1. The monoisotopic (exact) mass is 345 g/mol. The molecule has 1 aromatic rings. The molecule has 2 N–H and O–H groups in total. The lowest BCUT2D eigenvalue weighted by Gasteiger charge is -2.24. The Labute approximate surface area is 151 Å². The number of amides is 1. The van der Waals surface area contributed by atoms with Crippen LogP contribution < -0.4 is 15.4 Å². The highest BCUT2D eigenvalue weighted by molar-refractivity contribution is 5.78. The van der Waals surface area contributed by atoms with E-state index in [2.05, 4.69) is 27.7 Å². The number of carbonyl (C=O) groups is 1. The van der Waals surface area contributed by atoms with Gasteiger partial charge >= 0.3 is 0 Å². The summed E-state index contributed by atoms with van der Waals surface area (Å²) in [5.41, 5.74) is 1.07. The van der Waals surface area contributed by atoms with Crippen LogP contribution in [0.1, 0.15) is 45.6 Å². The fraction of sp³-hybridized carbons (Fsp3) is 0.650. The maximum absolute atomic E-state index is 11.8. The largest absolute Gasteiger partial charge is 0.484 e. The normalized spacial score (nSPS) is 24.0.